The van der Waals surface area contributed by atoms with E-state index in [0.717, 1.165) is 37.1 Å². The van der Waals surface area contributed by atoms with Crippen LogP contribution in [0.15, 0.2) is 24.4 Å². The smallest absolute Gasteiger partial charge is 0.254 e. The molecule has 2 aliphatic heterocycles. The Bertz CT molecular complexity index is 737. The highest BCUT2D eigenvalue weighted by molar-refractivity contribution is 6.06. The van der Waals surface area contributed by atoms with Gasteiger partial charge in [0.05, 0.1) is 17.3 Å². The van der Waals surface area contributed by atoms with E-state index in [-0.39, 0.29) is 17.2 Å². The van der Waals surface area contributed by atoms with Gasteiger partial charge in [0.15, 0.2) is 0 Å². The molecule has 0 aliphatic carbocycles. The number of likely N-dealkylation sites (tertiary alicyclic amines) is 2. The summed E-state index contributed by atoms with van der Waals surface area (Å²) in [6, 6.07) is 5.62. The highest BCUT2D eigenvalue weighted by Gasteiger charge is 2.53. The van der Waals surface area contributed by atoms with Gasteiger partial charge >= 0.3 is 0 Å². The third kappa shape index (κ3) is 1.75. The van der Waals surface area contributed by atoms with Crippen LogP contribution < -0.4 is 0 Å². The number of hydrogen-bond donors (Lipinski definition) is 1. The van der Waals surface area contributed by atoms with Crippen LogP contribution in [0.25, 0.3) is 10.9 Å². The van der Waals surface area contributed by atoms with Crippen LogP contribution in [0.2, 0.25) is 0 Å². The monoisotopic (exact) mass is 284 g/mol. The average Bonchev–Trinajstić information content (AvgIpc) is 2.82. The first-order valence-corrected chi connectivity index (χ1v) is 7.05. The molecule has 0 atom stereocenters. The van der Waals surface area contributed by atoms with Crippen LogP contribution >= 0.6 is 0 Å². The minimum Gasteiger partial charge on any atom is -0.341 e. The third-order valence-electron chi connectivity index (χ3n) is 4.55. The summed E-state index contributed by atoms with van der Waals surface area (Å²) >= 11 is 0. The molecular formula is C15H16N4O2. The molecule has 3 heterocycles. The van der Waals surface area contributed by atoms with Crippen molar-refractivity contribution < 1.29 is 9.59 Å². The third-order valence-corrected chi connectivity index (χ3v) is 4.55. The average molecular weight is 284 g/mol. The molecular weight excluding hydrogens is 268 g/mol. The summed E-state index contributed by atoms with van der Waals surface area (Å²) in [5.41, 5.74) is 1.72. The van der Waals surface area contributed by atoms with Gasteiger partial charge in [0.1, 0.15) is 0 Å². The lowest BCUT2D eigenvalue weighted by molar-refractivity contribution is -0.152. The van der Waals surface area contributed by atoms with E-state index < -0.39 is 0 Å². The molecule has 2 aromatic rings. The Hall–Kier alpha value is -2.37. The number of rotatable bonds is 1. The van der Waals surface area contributed by atoms with Gasteiger partial charge in [0, 0.05) is 43.9 Å². The molecule has 1 aromatic heterocycles. The van der Waals surface area contributed by atoms with E-state index >= 15 is 0 Å². The molecule has 1 N–H and O–H groups in total. The second kappa shape index (κ2) is 4.07. The summed E-state index contributed by atoms with van der Waals surface area (Å²) in [5, 5.41) is 7.74. The number of aromatic amines is 1. The number of hydrogen-bond acceptors (Lipinski definition) is 3. The minimum atomic E-state index is 0.0499. The van der Waals surface area contributed by atoms with Crippen molar-refractivity contribution in [1.82, 2.24) is 20.0 Å². The summed E-state index contributed by atoms with van der Waals surface area (Å²) < 4.78 is 0. The predicted molar refractivity (Wildman–Crippen MR) is 76.7 cm³/mol. The molecule has 0 radical (unpaired) electrons. The number of benzene rings is 1. The molecule has 1 spiro atoms. The Morgan fingerprint density at radius 2 is 1.90 bits per heavy atom. The van der Waals surface area contributed by atoms with Gasteiger partial charge in [0.25, 0.3) is 5.91 Å². The quantitative estimate of drug-likeness (QED) is 0.844. The predicted octanol–water partition coefficient (Wildman–Crippen LogP) is 0.867. The molecule has 108 valence electrons. The summed E-state index contributed by atoms with van der Waals surface area (Å²) in [7, 11) is 0. The first-order chi connectivity index (χ1) is 10.1. The van der Waals surface area contributed by atoms with E-state index in [1.807, 2.05) is 28.0 Å². The molecule has 6 heteroatoms. The van der Waals surface area contributed by atoms with Gasteiger partial charge < -0.3 is 9.80 Å². The summed E-state index contributed by atoms with van der Waals surface area (Å²) in [5.74, 6) is 0.169. The van der Waals surface area contributed by atoms with E-state index in [4.69, 9.17) is 0 Å². The van der Waals surface area contributed by atoms with Crippen molar-refractivity contribution in [2.75, 3.05) is 26.2 Å². The lowest BCUT2D eigenvalue weighted by Crippen LogP contribution is -2.73. The van der Waals surface area contributed by atoms with Crippen LogP contribution in [-0.2, 0) is 4.79 Å². The van der Waals surface area contributed by atoms with Crippen molar-refractivity contribution in [3.8, 4) is 0 Å². The van der Waals surface area contributed by atoms with Gasteiger partial charge in [-0.1, -0.05) is 6.07 Å². The van der Waals surface area contributed by atoms with Crippen molar-refractivity contribution in [1.29, 1.82) is 0 Å². The minimum absolute atomic E-state index is 0.0499. The number of amides is 2. The van der Waals surface area contributed by atoms with E-state index in [1.54, 1.807) is 13.1 Å². The molecule has 2 fully saturated rings. The molecule has 0 unspecified atom stereocenters. The SMILES string of the molecule is CC(=O)N1CC2(C1)CN(C(=O)c1cccc3[nH]ncc13)C2. The lowest BCUT2D eigenvalue weighted by Gasteiger charge is -2.60. The van der Waals surface area contributed by atoms with Crippen molar-refractivity contribution in [3.05, 3.63) is 30.0 Å². The summed E-state index contributed by atoms with van der Waals surface area (Å²) in [4.78, 5) is 27.5. The molecule has 2 amide bonds. The molecule has 0 bridgehead atoms. The van der Waals surface area contributed by atoms with Crippen LogP contribution in [0.5, 0.6) is 0 Å². The van der Waals surface area contributed by atoms with Crippen LogP contribution in [0.3, 0.4) is 0 Å². The fraction of sp³-hybridized carbons (Fsp3) is 0.400. The Balaban J connectivity index is 1.49. The van der Waals surface area contributed by atoms with E-state index in [1.165, 1.54) is 0 Å². The maximum atomic E-state index is 12.6. The van der Waals surface area contributed by atoms with Crippen LogP contribution in [0, 0.1) is 5.41 Å². The number of carbonyl (C=O) groups excluding carboxylic acids is 2. The molecule has 21 heavy (non-hydrogen) atoms. The Morgan fingerprint density at radius 1 is 1.19 bits per heavy atom. The number of nitrogens with one attached hydrogen (secondary N) is 1. The second-order valence-corrected chi connectivity index (χ2v) is 6.17. The molecule has 6 nitrogen and oxygen atoms in total. The highest BCUT2D eigenvalue weighted by atomic mass is 16.2. The van der Waals surface area contributed by atoms with Crippen molar-refractivity contribution in [2.24, 2.45) is 5.41 Å². The van der Waals surface area contributed by atoms with Gasteiger partial charge in [-0.05, 0) is 12.1 Å². The number of nitrogens with zero attached hydrogens (tertiary/aromatic N) is 3. The zero-order chi connectivity index (χ0) is 14.6. The van der Waals surface area contributed by atoms with Gasteiger partial charge in [0.2, 0.25) is 5.91 Å². The highest BCUT2D eigenvalue weighted by Crippen LogP contribution is 2.40. The van der Waals surface area contributed by atoms with Crippen LogP contribution in [-0.4, -0.2) is 58.0 Å². The van der Waals surface area contributed by atoms with Crippen molar-refractivity contribution >= 4 is 22.7 Å². The summed E-state index contributed by atoms with van der Waals surface area (Å²) in [6.07, 6.45) is 1.69. The molecule has 2 aliphatic rings. The lowest BCUT2D eigenvalue weighted by atomic mass is 9.72. The molecule has 1 aromatic carbocycles. The van der Waals surface area contributed by atoms with E-state index in [0.29, 0.717) is 5.56 Å². The van der Waals surface area contributed by atoms with E-state index in [9.17, 15) is 9.59 Å². The maximum Gasteiger partial charge on any atom is 0.254 e. The van der Waals surface area contributed by atoms with Crippen molar-refractivity contribution in [2.45, 2.75) is 6.92 Å². The zero-order valence-electron chi connectivity index (χ0n) is 11.8. The molecule has 4 rings (SSSR count). The molecule has 0 saturated carbocycles. The fourth-order valence-corrected chi connectivity index (χ4v) is 3.42. The van der Waals surface area contributed by atoms with Crippen molar-refractivity contribution in [3.63, 3.8) is 0 Å². The number of carbonyl (C=O) groups is 2. The first-order valence-electron chi connectivity index (χ1n) is 7.05. The van der Waals surface area contributed by atoms with Crippen LogP contribution in [0.4, 0.5) is 0 Å². The second-order valence-electron chi connectivity index (χ2n) is 6.17. The van der Waals surface area contributed by atoms with Gasteiger partial charge in [-0.15, -0.1) is 0 Å². The maximum absolute atomic E-state index is 12.6. The molecule has 2 saturated heterocycles. The number of aromatic nitrogens is 2. The zero-order valence-corrected chi connectivity index (χ0v) is 11.8. The normalized spacial score (nSPS) is 19.5. The van der Waals surface area contributed by atoms with Gasteiger partial charge in [-0.25, -0.2) is 0 Å². The van der Waals surface area contributed by atoms with E-state index in [2.05, 4.69) is 10.2 Å². The topological polar surface area (TPSA) is 69.3 Å². The summed E-state index contributed by atoms with van der Waals surface area (Å²) in [6.45, 7) is 4.63. The number of fused-ring (bicyclic) bond motifs is 1. The fourth-order valence-electron chi connectivity index (χ4n) is 3.42. The van der Waals surface area contributed by atoms with Gasteiger partial charge in [-0.3, -0.25) is 14.7 Å². The van der Waals surface area contributed by atoms with Gasteiger partial charge in [-0.2, -0.15) is 5.10 Å². The first kappa shape index (κ1) is 12.4. The Kier molecular flexibility index (Phi) is 2.40. The Morgan fingerprint density at radius 3 is 2.62 bits per heavy atom. The standard InChI is InChI=1S/C15H16N4O2/c1-10(20)18-6-15(7-18)8-19(9-15)14(21)11-3-2-4-13-12(11)5-16-17-13/h2-5H,6-9H2,1H3,(H,16,17). The van der Waals surface area contributed by atoms with Crippen LogP contribution in [0.1, 0.15) is 17.3 Å². The Labute approximate surface area is 121 Å². The number of H-pyrrole nitrogens is 1. The largest absolute Gasteiger partial charge is 0.341 e.